The molecule has 0 bridgehead atoms. The highest BCUT2D eigenvalue weighted by molar-refractivity contribution is 5.54. The number of rotatable bonds is 3. The van der Waals surface area contributed by atoms with E-state index < -0.39 is 6.08 Å². The van der Waals surface area contributed by atoms with Crippen molar-refractivity contribution in [1.82, 2.24) is 43.8 Å². The fourth-order valence-electron chi connectivity index (χ4n) is 4.28. The summed E-state index contributed by atoms with van der Waals surface area (Å²) in [4.78, 5) is 12.3. The van der Waals surface area contributed by atoms with Crippen LogP contribution < -0.4 is 5.73 Å². The second-order valence-electron chi connectivity index (χ2n) is 10.2. The summed E-state index contributed by atoms with van der Waals surface area (Å²) < 4.78 is 18.1. The predicted octanol–water partition coefficient (Wildman–Crippen LogP) is 5.59. The molecule has 0 aromatic carbocycles. The van der Waals surface area contributed by atoms with Gasteiger partial charge in [0.2, 0.25) is 5.95 Å². The van der Waals surface area contributed by atoms with Gasteiger partial charge in [0.05, 0.1) is 33.6 Å². The van der Waals surface area contributed by atoms with Gasteiger partial charge in [-0.25, -0.2) is 28.5 Å². The van der Waals surface area contributed by atoms with E-state index in [-0.39, 0.29) is 5.92 Å². The van der Waals surface area contributed by atoms with Crippen LogP contribution in [-0.2, 0) is 0 Å². The topological polar surface area (TPSA) is 117 Å². The smallest absolute Gasteiger partial charge is 0.326 e. The Bertz CT molecular complexity index is 1610. The highest BCUT2D eigenvalue weighted by Crippen LogP contribution is 2.20. The van der Waals surface area contributed by atoms with Crippen molar-refractivity contribution in [3.8, 4) is 0 Å². The molecule has 0 fully saturated rings. The zero-order valence-electron chi connectivity index (χ0n) is 23.4. The molecule has 2 N–H and O–H groups in total. The minimum atomic E-state index is -0.674. The van der Waals surface area contributed by atoms with E-state index in [1.54, 1.807) is 17.0 Å². The maximum Gasteiger partial charge on any atom is 0.326 e. The number of nitrogens with two attached hydrogens (primary N) is 1. The summed E-state index contributed by atoms with van der Waals surface area (Å²) in [5, 5.41) is 11.9. The molecule has 0 radical (unpaired) electrons. The summed E-state index contributed by atoms with van der Waals surface area (Å²) in [5.74, 6) is 1.34. The number of fused-ring (bicyclic) bond motifs is 3. The third-order valence-corrected chi connectivity index (χ3v) is 6.14. The van der Waals surface area contributed by atoms with Crippen LogP contribution in [0.2, 0.25) is 0 Å². The summed E-state index contributed by atoms with van der Waals surface area (Å²) in [6.45, 7) is 14.5. The highest BCUT2D eigenvalue weighted by Gasteiger charge is 2.11. The molecule has 6 aromatic rings. The van der Waals surface area contributed by atoms with Crippen LogP contribution in [0.4, 0.5) is 10.3 Å². The molecule has 0 atom stereocenters. The maximum absolute atomic E-state index is 12.9. The molecule has 6 heterocycles. The van der Waals surface area contributed by atoms with E-state index in [1.165, 1.54) is 4.52 Å². The first kappa shape index (κ1) is 27.6. The second kappa shape index (κ2) is 11.5. The van der Waals surface area contributed by atoms with Crippen LogP contribution in [0.15, 0.2) is 55.1 Å². The Balaban J connectivity index is 0.000000136. The Hall–Kier alpha value is -4.41. The standard InChI is InChI=1S/C10H13N3.C9H10FN3.C9H12N4/c1-7(2)10-9-5-4-8(3)13(9)12-6-11-10;2*1-6(2)8-7-4-3-5-13(7)12-9(10)11-8/h4-7H,1-3H3;3-6H,1-2H3;3-6H,1-2H3,(H2,10,12). The number of halogens is 1. The lowest BCUT2D eigenvalue weighted by Gasteiger charge is -2.06. The number of hydrogen-bond donors (Lipinski definition) is 1. The van der Waals surface area contributed by atoms with Crippen LogP contribution in [0.25, 0.3) is 16.6 Å². The Morgan fingerprint density at radius 1 is 0.718 bits per heavy atom. The van der Waals surface area contributed by atoms with Gasteiger partial charge >= 0.3 is 6.08 Å². The molecule has 0 aliphatic carbocycles. The van der Waals surface area contributed by atoms with Crippen LogP contribution in [0, 0.1) is 13.0 Å². The minimum Gasteiger partial charge on any atom is -0.367 e. The minimum absolute atomic E-state index is 0.204. The number of aryl methyl sites for hydroxylation is 1. The lowest BCUT2D eigenvalue weighted by Crippen LogP contribution is -2.06. The fraction of sp³-hybridized carbons (Fsp3) is 0.357. The Morgan fingerprint density at radius 3 is 1.87 bits per heavy atom. The highest BCUT2D eigenvalue weighted by atomic mass is 19.1. The number of anilines is 1. The van der Waals surface area contributed by atoms with Gasteiger partial charge in [-0.2, -0.15) is 9.49 Å². The van der Waals surface area contributed by atoms with Gasteiger partial charge in [0.25, 0.3) is 0 Å². The van der Waals surface area contributed by atoms with Crippen LogP contribution in [0.5, 0.6) is 0 Å². The van der Waals surface area contributed by atoms with E-state index in [2.05, 4.69) is 70.1 Å². The quantitative estimate of drug-likeness (QED) is 0.317. The maximum atomic E-state index is 12.9. The number of nitrogen functional groups attached to an aromatic ring is 1. The lowest BCUT2D eigenvalue weighted by molar-refractivity contribution is 0.501. The van der Waals surface area contributed by atoms with Gasteiger partial charge < -0.3 is 5.73 Å². The van der Waals surface area contributed by atoms with Crippen LogP contribution in [-0.4, -0.2) is 43.8 Å². The summed E-state index contributed by atoms with van der Waals surface area (Å²) in [6, 6.07) is 11.8. The average molecular weight is 531 g/mol. The number of nitrogens with zero attached hydrogens (tertiary/aromatic N) is 9. The average Bonchev–Trinajstić information content (AvgIpc) is 3.63. The first-order valence-electron chi connectivity index (χ1n) is 13.0. The van der Waals surface area contributed by atoms with E-state index in [4.69, 9.17) is 5.73 Å². The van der Waals surface area contributed by atoms with E-state index in [0.29, 0.717) is 17.8 Å². The van der Waals surface area contributed by atoms with Crippen molar-refractivity contribution in [2.45, 2.75) is 66.2 Å². The normalized spacial score (nSPS) is 11.4. The van der Waals surface area contributed by atoms with Crippen LogP contribution >= 0.6 is 0 Å². The van der Waals surface area contributed by atoms with E-state index in [9.17, 15) is 4.39 Å². The van der Waals surface area contributed by atoms with Gasteiger partial charge in [0.1, 0.15) is 6.33 Å². The van der Waals surface area contributed by atoms with Crippen molar-refractivity contribution in [2.75, 3.05) is 5.73 Å². The van der Waals surface area contributed by atoms with Gasteiger partial charge in [-0.05, 0) is 61.1 Å². The molecule has 10 nitrogen and oxygen atoms in total. The number of hydrogen-bond acceptors (Lipinski definition) is 7. The zero-order valence-corrected chi connectivity index (χ0v) is 23.4. The Kier molecular flexibility index (Phi) is 8.18. The lowest BCUT2D eigenvalue weighted by atomic mass is 10.1. The molecule has 0 amide bonds. The van der Waals surface area contributed by atoms with E-state index in [1.807, 2.05) is 55.7 Å². The van der Waals surface area contributed by atoms with Crippen molar-refractivity contribution < 1.29 is 4.39 Å². The van der Waals surface area contributed by atoms with E-state index in [0.717, 1.165) is 39.3 Å². The molecule has 6 aromatic heterocycles. The van der Waals surface area contributed by atoms with Gasteiger partial charge in [-0.3, -0.25) is 0 Å². The summed E-state index contributed by atoms with van der Waals surface area (Å²) >= 11 is 0. The molecule has 6 rings (SSSR count). The summed E-state index contributed by atoms with van der Waals surface area (Å²) in [5.41, 5.74) is 12.6. The molecular weight excluding hydrogens is 495 g/mol. The van der Waals surface area contributed by atoms with Gasteiger partial charge in [-0.1, -0.05) is 41.5 Å². The molecule has 0 unspecified atom stereocenters. The first-order valence-corrected chi connectivity index (χ1v) is 13.0. The summed E-state index contributed by atoms with van der Waals surface area (Å²) in [6.07, 6.45) is 4.54. The first-order chi connectivity index (χ1) is 18.6. The molecule has 0 spiro atoms. The molecule has 0 aliphatic rings. The molecule has 0 saturated carbocycles. The van der Waals surface area contributed by atoms with Crippen LogP contribution in [0.1, 0.15) is 82.1 Å². The molecule has 204 valence electrons. The third kappa shape index (κ3) is 6.02. The van der Waals surface area contributed by atoms with Crippen molar-refractivity contribution in [2.24, 2.45) is 0 Å². The third-order valence-electron chi connectivity index (χ3n) is 6.14. The van der Waals surface area contributed by atoms with Crippen LogP contribution in [0.3, 0.4) is 0 Å². The second-order valence-corrected chi connectivity index (χ2v) is 10.2. The fourth-order valence-corrected chi connectivity index (χ4v) is 4.28. The number of aromatic nitrogens is 9. The zero-order chi connectivity index (χ0) is 28.3. The molecular formula is C28H35FN10. The van der Waals surface area contributed by atoms with Gasteiger partial charge in [0, 0.05) is 18.1 Å². The molecule has 0 aliphatic heterocycles. The van der Waals surface area contributed by atoms with Gasteiger partial charge in [0.15, 0.2) is 0 Å². The SMILES string of the molecule is CC(C)c1nc(F)nn2cccc12.CC(C)c1nc(N)nn2cccc12.Cc1ccc2c(C(C)C)ncnn12. The Morgan fingerprint density at radius 2 is 1.28 bits per heavy atom. The van der Waals surface area contributed by atoms with Crippen molar-refractivity contribution in [1.29, 1.82) is 0 Å². The predicted molar refractivity (Wildman–Crippen MR) is 150 cm³/mol. The summed E-state index contributed by atoms with van der Waals surface area (Å²) in [7, 11) is 0. The molecule has 11 heteroatoms. The largest absolute Gasteiger partial charge is 0.367 e. The van der Waals surface area contributed by atoms with Crippen molar-refractivity contribution in [3.05, 3.63) is 84.0 Å². The molecule has 0 saturated heterocycles. The van der Waals surface area contributed by atoms with Gasteiger partial charge in [-0.15, -0.1) is 10.2 Å². The monoisotopic (exact) mass is 530 g/mol. The molecule has 39 heavy (non-hydrogen) atoms. The van der Waals surface area contributed by atoms with Crippen molar-refractivity contribution in [3.63, 3.8) is 0 Å². The van der Waals surface area contributed by atoms with Crippen molar-refractivity contribution >= 4 is 22.5 Å². The van der Waals surface area contributed by atoms with E-state index >= 15 is 0 Å². The Labute approximate surface area is 226 Å².